The maximum absolute atomic E-state index is 10.4. The quantitative estimate of drug-likeness (QED) is 0.199. The molecular formula is C44H28N4. The van der Waals surface area contributed by atoms with Gasteiger partial charge >= 0.3 is 0 Å². The number of nitrogens with zero attached hydrogens (tertiary/aromatic N) is 4. The Hall–Kier alpha value is -6.62. The molecule has 9 rings (SSSR count). The van der Waals surface area contributed by atoms with E-state index >= 15 is 0 Å². The maximum atomic E-state index is 10.4. The van der Waals surface area contributed by atoms with Gasteiger partial charge in [0.15, 0.2) is 0 Å². The van der Waals surface area contributed by atoms with E-state index in [2.05, 4.69) is 130 Å². The summed E-state index contributed by atoms with van der Waals surface area (Å²) in [5.41, 5.74) is 13.3. The van der Waals surface area contributed by atoms with Crippen molar-refractivity contribution < 1.29 is 0 Å². The van der Waals surface area contributed by atoms with Crippen molar-refractivity contribution in [2.24, 2.45) is 0 Å². The molecule has 8 aromatic rings. The van der Waals surface area contributed by atoms with Crippen LogP contribution in [0.1, 0.15) is 28.8 Å². The van der Waals surface area contributed by atoms with E-state index in [1.165, 1.54) is 16.6 Å². The maximum Gasteiger partial charge on any atom is 0.0998 e. The lowest BCUT2D eigenvalue weighted by Gasteiger charge is -2.19. The molecule has 0 N–H and O–H groups in total. The Balaban J connectivity index is 1.17. The van der Waals surface area contributed by atoms with Crippen molar-refractivity contribution in [2.45, 2.75) is 12.8 Å². The first-order valence-corrected chi connectivity index (χ1v) is 16.2. The second-order valence-electron chi connectivity index (χ2n) is 12.3. The van der Waals surface area contributed by atoms with E-state index in [4.69, 9.17) is 0 Å². The molecule has 6 aromatic carbocycles. The Kier molecular flexibility index (Phi) is 6.35. The molecule has 0 atom stereocenters. The normalized spacial score (nSPS) is 12.3. The fraction of sp³-hybridized carbons (Fsp3) is 0.0455. The Labute approximate surface area is 278 Å². The molecule has 4 heteroatoms. The van der Waals surface area contributed by atoms with Crippen LogP contribution in [0.2, 0.25) is 0 Å². The monoisotopic (exact) mass is 612 g/mol. The summed E-state index contributed by atoms with van der Waals surface area (Å²) in [6.07, 6.45) is 6.45. The van der Waals surface area contributed by atoms with Crippen molar-refractivity contribution >= 4 is 38.8 Å². The number of allylic oxidation sites excluding steroid dienone is 1. The molecule has 0 aliphatic heterocycles. The lowest BCUT2D eigenvalue weighted by atomic mass is 9.94. The molecule has 0 unspecified atom stereocenters. The minimum atomic E-state index is 0.654. The third-order valence-corrected chi connectivity index (χ3v) is 9.68. The number of rotatable bonds is 4. The fourth-order valence-corrected chi connectivity index (χ4v) is 7.62. The van der Waals surface area contributed by atoms with E-state index in [1.54, 1.807) is 0 Å². The zero-order valence-electron chi connectivity index (χ0n) is 26.1. The van der Waals surface area contributed by atoms with Crippen LogP contribution < -0.4 is 0 Å². The van der Waals surface area contributed by atoms with Gasteiger partial charge in [-0.3, -0.25) is 0 Å². The highest BCUT2D eigenvalue weighted by atomic mass is 15.0. The highest BCUT2D eigenvalue weighted by molar-refractivity contribution is 6.11. The third kappa shape index (κ3) is 4.14. The van der Waals surface area contributed by atoms with Crippen LogP contribution in [0.3, 0.4) is 0 Å². The summed E-state index contributed by atoms with van der Waals surface area (Å²) in [6.45, 7) is 0. The van der Waals surface area contributed by atoms with Crippen molar-refractivity contribution in [3.63, 3.8) is 0 Å². The van der Waals surface area contributed by atoms with E-state index < -0.39 is 0 Å². The SMILES string of the molecule is N#Cc1cccc(-n2c3c(c4ccccc42)C=CCC3)c1-c1cccc(-c2ccc(-n3c4ccccc4c4c(C#N)cccc43)cc2)c1. The zero-order chi connectivity index (χ0) is 32.2. The summed E-state index contributed by atoms with van der Waals surface area (Å²) >= 11 is 0. The largest absolute Gasteiger partial charge is 0.312 e. The van der Waals surface area contributed by atoms with Crippen LogP contribution >= 0.6 is 0 Å². The number of hydrogen-bond acceptors (Lipinski definition) is 2. The van der Waals surface area contributed by atoms with Gasteiger partial charge in [-0.1, -0.05) is 91.0 Å². The van der Waals surface area contributed by atoms with Crippen LogP contribution in [0.5, 0.6) is 0 Å². The molecule has 0 spiro atoms. The number of para-hydroxylation sites is 2. The zero-order valence-corrected chi connectivity index (χ0v) is 26.1. The molecule has 1 aliphatic rings. The van der Waals surface area contributed by atoms with Gasteiger partial charge in [-0.25, -0.2) is 0 Å². The molecule has 1 aliphatic carbocycles. The average Bonchev–Trinajstić information content (AvgIpc) is 3.68. The molecule has 0 amide bonds. The highest BCUT2D eigenvalue weighted by Crippen LogP contribution is 2.40. The van der Waals surface area contributed by atoms with Gasteiger partial charge in [0.25, 0.3) is 0 Å². The summed E-state index contributed by atoms with van der Waals surface area (Å²) < 4.78 is 4.60. The van der Waals surface area contributed by atoms with Gasteiger partial charge in [0, 0.05) is 38.7 Å². The van der Waals surface area contributed by atoms with Crippen molar-refractivity contribution in [3.8, 4) is 45.8 Å². The standard InChI is InChI=1S/C44H28N4/c45-27-32-12-8-20-41(48-38-17-4-1-14-35(38)36-15-2-5-18-39(36)48)43(32)31-11-7-10-30(26-31)29-22-24-34(25-23-29)47-40-19-6-3-16-37(40)44-33(28-46)13-9-21-42(44)47/h1-4,6-17,19-26H,5,18H2. The molecule has 48 heavy (non-hydrogen) atoms. The van der Waals surface area contributed by atoms with Crippen molar-refractivity contribution in [1.82, 2.24) is 9.13 Å². The number of fused-ring (bicyclic) bond motifs is 6. The molecule has 0 radical (unpaired) electrons. The van der Waals surface area contributed by atoms with Crippen LogP contribution in [-0.2, 0) is 6.42 Å². The number of aromatic nitrogens is 2. The van der Waals surface area contributed by atoms with Crippen LogP contribution in [0.15, 0.2) is 140 Å². The van der Waals surface area contributed by atoms with Gasteiger partial charge in [0.2, 0.25) is 0 Å². The van der Waals surface area contributed by atoms with Crippen molar-refractivity contribution in [3.05, 3.63) is 162 Å². The summed E-state index contributed by atoms with van der Waals surface area (Å²) in [7, 11) is 0. The number of benzene rings is 6. The van der Waals surface area contributed by atoms with Crippen LogP contribution in [0.25, 0.3) is 72.4 Å². The summed E-state index contributed by atoms with van der Waals surface area (Å²) in [5, 5.41) is 23.5. The third-order valence-electron chi connectivity index (χ3n) is 9.68. The predicted octanol–water partition coefficient (Wildman–Crippen LogP) is 10.8. The first-order chi connectivity index (χ1) is 23.7. The average molecular weight is 613 g/mol. The number of hydrogen-bond donors (Lipinski definition) is 0. The molecule has 0 fully saturated rings. The number of nitriles is 2. The van der Waals surface area contributed by atoms with E-state index in [-0.39, 0.29) is 0 Å². The van der Waals surface area contributed by atoms with E-state index in [0.29, 0.717) is 11.1 Å². The highest BCUT2D eigenvalue weighted by Gasteiger charge is 2.22. The molecule has 2 heterocycles. The summed E-state index contributed by atoms with van der Waals surface area (Å²) in [5.74, 6) is 0. The molecule has 0 saturated carbocycles. The lowest BCUT2D eigenvalue weighted by Crippen LogP contribution is -2.05. The molecule has 2 aromatic heterocycles. The Morgan fingerprint density at radius 3 is 2.02 bits per heavy atom. The second-order valence-corrected chi connectivity index (χ2v) is 12.3. The molecule has 0 saturated heterocycles. The van der Waals surface area contributed by atoms with Crippen molar-refractivity contribution in [1.29, 1.82) is 10.5 Å². The minimum absolute atomic E-state index is 0.654. The Morgan fingerprint density at radius 2 is 1.21 bits per heavy atom. The minimum Gasteiger partial charge on any atom is -0.312 e. The van der Waals surface area contributed by atoms with Gasteiger partial charge in [-0.05, 0) is 84.1 Å². The topological polar surface area (TPSA) is 57.4 Å². The van der Waals surface area contributed by atoms with E-state index in [0.717, 1.165) is 73.8 Å². The smallest absolute Gasteiger partial charge is 0.0998 e. The Morgan fingerprint density at radius 1 is 0.542 bits per heavy atom. The fourth-order valence-electron chi connectivity index (χ4n) is 7.62. The van der Waals surface area contributed by atoms with Gasteiger partial charge in [0.1, 0.15) is 0 Å². The van der Waals surface area contributed by atoms with Gasteiger partial charge < -0.3 is 9.13 Å². The van der Waals surface area contributed by atoms with Crippen molar-refractivity contribution in [2.75, 3.05) is 0 Å². The summed E-state index contributed by atoms with van der Waals surface area (Å²) in [4.78, 5) is 0. The molecule has 0 bridgehead atoms. The Bertz CT molecular complexity index is 2690. The predicted molar refractivity (Wildman–Crippen MR) is 195 cm³/mol. The van der Waals surface area contributed by atoms with Crippen LogP contribution in [0.4, 0.5) is 0 Å². The lowest BCUT2D eigenvalue weighted by molar-refractivity contribution is 0.889. The van der Waals surface area contributed by atoms with Crippen LogP contribution in [-0.4, -0.2) is 9.13 Å². The first-order valence-electron chi connectivity index (χ1n) is 16.2. The van der Waals surface area contributed by atoms with Gasteiger partial charge in [-0.15, -0.1) is 0 Å². The van der Waals surface area contributed by atoms with E-state index in [1.807, 2.05) is 36.4 Å². The molecular weight excluding hydrogens is 585 g/mol. The van der Waals surface area contributed by atoms with Crippen LogP contribution in [0, 0.1) is 22.7 Å². The van der Waals surface area contributed by atoms with E-state index in [9.17, 15) is 10.5 Å². The van der Waals surface area contributed by atoms with Gasteiger partial charge in [0.05, 0.1) is 45.5 Å². The first kappa shape index (κ1) is 27.7. The molecule has 224 valence electrons. The summed E-state index contributed by atoms with van der Waals surface area (Å²) in [6, 6.07) is 50.8. The second kappa shape index (κ2) is 11.0. The molecule has 4 nitrogen and oxygen atoms in total. The van der Waals surface area contributed by atoms with Gasteiger partial charge in [-0.2, -0.15) is 10.5 Å².